The van der Waals surface area contributed by atoms with E-state index in [4.69, 9.17) is 0 Å². The summed E-state index contributed by atoms with van der Waals surface area (Å²) in [5.74, 6) is -1.37. The zero-order valence-electron chi connectivity index (χ0n) is 14.9. The average Bonchev–Trinajstić information content (AvgIpc) is 3.35. The highest BCUT2D eigenvalue weighted by molar-refractivity contribution is 8.15. The van der Waals surface area contributed by atoms with Gasteiger partial charge in [0.15, 0.2) is 5.17 Å². The highest BCUT2D eigenvalue weighted by Gasteiger charge is 2.26. The summed E-state index contributed by atoms with van der Waals surface area (Å²) in [6, 6.07) is 7.86. The summed E-state index contributed by atoms with van der Waals surface area (Å²) in [4.78, 5) is 27.8. The van der Waals surface area contributed by atoms with Crippen LogP contribution in [0.25, 0.3) is 0 Å². The molecule has 0 unspecified atom stereocenters. The third-order valence-electron chi connectivity index (χ3n) is 4.17. The summed E-state index contributed by atoms with van der Waals surface area (Å²) in [6.45, 7) is 4.81. The molecule has 0 spiro atoms. The van der Waals surface area contributed by atoms with E-state index >= 15 is 0 Å². The van der Waals surface area contributed by atoms with E-state index in [1.54, 1.807) is 18.7 Å². The Hall–Kier alpha value is -2.35. The summed E-state index contributed by atoms with van der Waals surface area (Å²) in [5.41, 5.74) is 4.75. The van der Waals surface area contributed by atoms with Gasteiger partial charge in [0, 0.05) is 17.0 Å². The van der Waals surface area contributed by atoms with Crippen LogP contribution in [0.4, 0.5) is 5.69 Å². The Bertz CT molecular complexity index is 740. The van der Waals surface area contributed by atoms with Gasteiger partial charge in [0.2, 0.25) is 0 Å². The number of thioether (sulfide) groups is 1. The number of benzene rings is 1. The monoisotopic (exact) mass is 373 g/mol. The number of hydrogen-bond donors (Lipinski definition) is 3. The molecule has 1 fully saturated rings. The van der Waals surface area contributed by atoms with Gasteiger partial charge in [0.1, 0.15) is 0 Å². The van der Waals surface area contributed by atoms with Crippen LogP contribution in [0.5, 0.6) is 0 Å². The summed E-state index contributed by atoms with van der Waals surface area (Å²) in [5, 5.41) is 11.5. The van der Waals surface area contributed by atoms with Gasteiger partial charge in [-0.2, -0.15) is 5.10 Å². The van der Waals surface area contributed by atoms with Gasteiger partial charge in [-0.25, -0.2) is 5.43 Å². The van der Waals surface area contributed by atoms with Crippen molar-refractivity contribution >= 4 is 40.1 Å². The minimum absolute atomic E-state index is 0.147. The Kier molecular flexibility index (Phi) is 5.92. The summed E-state index contributed by atoms with van der Waals surface area (Å²) >= 11 is 1.77. The minimum atomic E-state index is -0.740. The molecule has 26 heavy (non-hydrogen) atoms. The molecule has 1 atom stereocenters. The first kappa shape index (κ1) is 18.4. The Balaban J connectivity index is 1.52. The standard InChI is InChI=1S/C18H23N5O2S/c1-3-15-10-19-18(26-15)21-14-6-4-12(5-7-14)11(2)22-23-17(25)16(24)20-13-8-9-13/h4-7,13,15H,3,8-10H2,1-2H3,(H,19,21)(H,20,24)(H,23,25)/b22-11-/t15-/m1/s1. The van der Waals surface area contributed by atoms with Crippen molar-refractivity contribution < 1.29 is 9.59 Å². The molecule has 138 valence electrons. The molecule has 2 amide bonds. The van der Waals surface area contributed by atoms with Gasteiger partial charge in [-0.3, -0.25) is 14.6 Å². The number of hydrogen-bond acceptors (Lipinski definition) is 6. The number of carbonyl (C=O) groups excluding carboxylic acids is 2. The van der Waals surface area contributed by atoms with E-state index < -0.39 is 11.8 Å². The van der Waals surface area contributed by atoms with Crippen molar-refractivity contribution in [1.29, 1.82) is 0 Å². The molecule has 0 saturated heterocycles. The van der Waals surface area contributed by atoms with Crippen LogP contribution < -0.4 is 16.1 Å². The van der Waals surface area contributed by atoms with Crippen LogP contribution in [0.3, 0.4) is 0 Å². The topological polar surface area (TPSA) is 94.9 Å². The zero-order valence-corrected chi connectivity index (χ0v) is 15.7. The Morgan fingerprint density at radius 3 is 2.58 bits per heavy atom. The van der Waals surface area contributed by atoms with Gasteiger partial charge in [-0.05, 0) is 43.9 Å². The highest BCUT2D eigenvalue weighted by atomic mass is 32.2. The molecule has 7 nitrogen and oxygen atoms in total. The molecule has 1 aromatic rings. The van der Waals surface area contributed by atoms with Crippen molar-refractivity contribution in [3.05, 3.63) is 29.8 Å². The highest BCUT2D eigenvalue weighted by Crippen LogP contribution is 2.24. The zero-order chi connectivity index (χ0) is 18.5. The first-order valence-electron chi connectivity index (χ1n) is 8.79. The second-order valence-corrected chi connectivity index (χ2v) is 7.67. The molecule has 0 bridgehead atoms. The molecule has 1 saturated carbocycles. The molecule has 2 aliphatic rings. The quantitative estimate of drug-likeness (QED) is 0.418. The van der Waals surface area contributed by atoms with Gasteiger partial charge in [-0.15, -0.1) is 0 Å². The van der Waals surface area contributed by atoms with E-state index in [9.17, 15) is 9.59 Å². The normalized spacial score (nSPS) is 19.7. The minimum Gasteiger partial charge on any atom is -0.345 e. The Morgan fingerprint density at radius 2 is 1.96 bits per heavy atom. The summed E-state index contributed by atoms with van der Waals surface area (Å²) in [6.07, 6.45) is 2.98. The molecule has 1 aliphatic heterocycles. The molecule has 3 rings (SSSR count). The van der Waals surface area contributed by atoms with Gasteiger partial charge in [0.05, 0.1) is 12.3 Å². The maximum Gasteiger partial charge on any atom is 0.329 e. The molecule has 3 N–H and O–H groups in total. The number of nitrogens with one attached hydrogen (secondary N) is 3. The first-order chi connectivity index (χ1) is 12.5. The summed E-state index contributed by atoms with van der Waals surface area (Å²) in [7, 11) is 0. The van der Waals surface area contributed by atoms with Gasteiger partial charge in [0.25, 0.3) is 0 Å². The predicted octanol–water partition coefficient (Wildman–Crippen LogP) is 2.10. The van der Waals surface area contributed by atoms with Crippen LogP contribution in [0.1, 0.15) is 38.7 Å². The molecule has 1 heterocycles. The van der Waals surface area contributed by atoms with Gasteiger partial charge >= 0.3 is 11.8 Å². The van der Waals surface area contributed by atoms with Crippen molar-refractivity contribution in [3.8, 4) is 0 Å². The summed E-state index contributed by atoms with van der Waals surface area (Å²) < 4.78 is 0. The first-order valence-corrected chi connectivity index (χ1v) is 9.66. The van der Waals surface area contributed by atoms with Crippen LogP contribution in [0.15, 0.2) is 34.4 Å². The SMILES string of the molecule is CC[C@@H]1CN=C(Nc2ccc(/C(C)=N\NC(=O)C(=O)NC3CC3)cc2)S1. The Labute approximate surface area is 157 Å². The number of amides is 2. The maximum absolute atomic E-state index is 11.7. The van der Waals surface area contributed by atoms with Crippen molar-refractivity contribution in [2.45, 2.75) is 44.4 Å². The molecular formula is C18H23N5O2S. The maximum atomic E-state index is 11.7. The average molecular weight is 373 g/mol. The van der Waals surface area contributed by atoms with Crippen molar-refractivity contribution in [3.63, 3.8) is 0 Å². The number of anilines is 1. The number of carbonyl (C=O) groups is 2. The molecule has 0 radical (unpaired) electrons. The van der Waals surface area contributed by atoms with E-state index in [0.29, 0.717) is 11.0 Å². The number of hydrazone groups is 1. The third-order valence-corrected chi connectivity index (χ3v) is 5.44. The van der Waals surface area contributed by atoms with Crippen molar-refractivity contribution in [2.24, 2.45) is 10.1 Å². The fourth-order valence-electron chi connectivity index (χ4n) is 2.35. The molecule has 1 aromatic carbocycles. The number of aliphatic imine (C=N–C) groups is 1. The van der Waals surface area contributed by atoms with E-state index in [1.807, 2.05) is 24.3 Å². The van der Waals surface area contributed by atoms with Gasteiger partial charge in [-0.1, -0.05) is 30.8 Å². The van der Waals surface area contributed by atoms with Crippen LogP contribution in [-0.2, 0) is 9.59 Å². The van der Waals surface area contributed by atoms with Gasteiger partial charge < -0.3 is 10.6 Å². The lowest BCUT2D eigenvalue weighted by atomic mass is 10.1. The lowest BCUT2D eigenvalue weighted by Crippen LogP contribution is -2.39. The van der Waals surface area contributed by atoms with Crippen LogP contribution in [-0.4, -0.2) is 40.5 Å². The smallest absolute Gasteiger partial charge is 0.329 e. The fourth-order valence-corrected chi connectivity index (χ4v) is 3.30. The van der Waals surface area contributed by atoms with Crippen LogP contribution in [0, 0.1) is 0 Å². The fraction of sp³-hybridized carbons (Fsp3) is 0.444. The van der Waals surface area contributed by atoms with E-state index in [-0.39, 0.29) is 6.04 Å². The molecule has 1 aliphatic carbocycles. The van der Waals surface area contributed by atoms with E-state index in [2.05, 4.69) is 33.1 Å². The number of nitrogens with zero attached hydrogens (tertiary/aromatic N) is 2. The van der Waals surface area contributed by atoms with Crippen LogP contribution in [0.2, 0.25) is 0 Å². The number of amidine groups is 1. The second kappa shape index (κ2) is 8.35. The molecule has 8 heteroatoms. The van der Waals surface area contributed by atoms with E-state index in [0.717, 1.165) is 42.2 Å². The molecular weight excluding hydrogens is 350 g/mol. The largest absolute Gasteiger partial charge is 0.345 e. The van der Waals surface area contributed by atoms with Crippen molar-refractivity contribution in [1.82, 2.24) is 10.7 Å². The van der Waals surface area contributed by atoms with Crippen LogP contribution >= 0.6 is 11.8 Å². The predicted molar refractivity (Wildman–Crippen MR) is 106 cm³/mol. The lowest BCUT2D eigenvalue weighted by molar-refractivity contribution is -0.139. The Morgan fingerprint density at radius 1 is 1.23 bits per heavy atom. The number of rotatable bonds is 5. The third kappa shape index (κ3) is 5.08. The van der Waals surface area contributed by atoms with E-state index in [1.165, 1.54) is 0 Å². The lowest BCUT2D eigenvalue weighted by Gasteiger charge is -2.08. The second-order valence-electron chi connectivity index (χ2n) is 6.38. The molecule has 0 aromatic heterocycles. The van der Waals surface area contributed by atoms with Crippen molar-refractivity contribution in [2.75, 3.05) is 11.9 Å².